The van der Waals surface area contributed by atoms with Crippen molar-refractivity contribution in [2.24, 2.45) is 0 Å². The number of halogens is 1. The lowest BCUT2D eigenvalue weighted by Crippen LogP contribution is -2.10. The Morgan fingerprint density at radius 1 is 1.37 bits per heavy atom. The lowest BCUT2D eigenvalue weighted by Gasteiger charge is -2.08. The van der Waals surface area contributed by atoms with Gasteiger partial charge in [0.2, 0.25) is 0 Å². The number of sulfone groups is 1. The first-order valence-electron chi connectivity index (χ1n) is 5.60. The van der Waals surface area contributed by atoms with Crippen molar-refractivity contribution in [2.75, 3.05) is 18.1 Å². The van der Waals surface area contributed by atoms with Gasteiger partial charge in [0, 0.05) is 23.9 Å². The molecule has 102 valence electrons. The van der Waals surface area contributed by atoms with E-state index >= 15 is 0 Å². The Kier molecular flexibility index (Phi) is 4.44. The molecular weight excluding hydrogens is 304 g/mol. The minimum Gasteiger partial charge on any atom is -0.369 e. The van der Waals surface area contributed by atoms with Crippen LogP contribution >= 0.6 is 22.9 Å². The third-order valence-electron chi connectivity index (χ3n) is 2.46. The number of thiophene rings is 1. The lowest BCUT2D eigenvalue weighted by molar-refractivity contribution is 0.602. The highest BCUT2D eigenvalue weighted by molar-refractivity contribution is 7.90. The van der Waals surface area contributed by atoms with Crippen LogP contribution < -0.4 is 5.32 Å². The zero-order valence-corrected chi connectivity index (χ0v) is 12.6. The maximum Gasteiger partial charge on any atom is 0.179 e. The molecule has 0 aromatic carbocycles. The Hall–Kier alpha value is -1.11. The summed E-state index contributed by atoms with van der Waals surface area (Å²) in [6, 6.07) is 6.97. The molecule has 0 aliphatic heterocycles. The number of pyridine rings is 1. The molecule has 0 aliphatic carbocycles. The summed E-state index contributed by atoms with van der Waals surface area (Å²) in [5, 5.41) is 3.05. The first-order valence-corrected chi connectivity index (χ1v) is 8.68. The fraction of sp³-hybridized carbons (Fsp3) is 0.250. The molecule has 0 unspecified atom stereocenters. The minimum absolute atomic E-state index is 0.221. The molecule has 2 heterocycles. The normalized spacial score (nSPS) is 11.5. The average molecular weight is 317 g/mol. The van der Waals surface area contributed by atoms with E-state index in [4.69, 9.17) is 11.6 Å². The van der Waals surface area contributed by atoms with Gasteiger partial charge in [-0.05, 0) is 30.7 Å². The Morgan fingerprint density at radius 3 is 2.79 bits per heavy atom. The monoisotopic (exact) mass is 316 g/mol. The van der Waals surface area contributed by atoms with E-state index in [0.717, 1.165) is 15.6 Å². The summed E-state index contributed by atoms with van der Waals surface area (Å²) in [5.41, 5.74) is 0. The van der Waals surface area contributed by atoms with Crippen LogP contribution in [0.25, 0.3) is 0 Å². The van der Waals surface area contributed by atoms with Gasteiger partial charge in [-0.1, -0.05) is 11.6 Å². The number of rotatable bonds is 5. The first kappa shape index (κ1) is 14.3. The van der Waals surface area contributed by atoms with Crippen LogP contribution in [0.5, 0.6) is 0 Å². The molecule has 0 aliphatic rings. The van der Waals surface area contributed by atoms with Gasteiger partial charge in [0.25, 0.3) is 0 Å². The van der Waals surface area contributed by atoms with E-state index in [1.54, 1.807) is 18.3 Å². The Labute approximate surface area is 121 Å². The van der Waals surface area contributed by atoms with Crippen LogP contribution in [-0.2, 0) is 16.3 Å². The van der Waals surface area contributed by atoms with Gasteiger partial charge in [-0.25, -0.2) is 13.4 Å². The highest BCUT2D eigenvalue weighted by Crippen LogP contribution is 2.22. The second-order valence-corrected chi connectivity index (χ2v) is 7.79. The molecule has 2 aromatic heterocycles. The van der Waals surface area contributed by atoms with Gasteiger partial charge >= 0.3 is 0 Å². The lowest BCUT2D eigenvalue weighted by atomic mass is 10.3. The highest BCUT2D eigenvalue weighted by atomic mass is 35.5. The van der Waals surface area contributed by atoms with E-state index in [1.165, 1.54) is 17.6 Å². The SMILES string of the molecule is CS(=O)(=O)c1cccnc1NCCc1ccc(Cl)s1. The number of aromatic nitrogens is 1. The molecule has 2 aromatic rings. The average Bonchev–Trinajstić information content (AvgIpc) is 2.74. The molecule has 7 heteroatoms. The number of anilines is 1. The summed E-state index contributed by atoms with van der Waals surface area (Å²) >= 11 is 7.37. The summed E-state index contributed by atoms with van der Waals surface area (Å²) in [7, 11) is -3.27. The summed E-state index contributed by atoms with van der Waals surface area (Å²) in [6.45, 7) is 0.608. The molecule has 0 atom stereocenters. The molecule has 0 fully saturated rings. The Bertz CT molecular complexity index is 668. The van der Waals surface area contributed by atoms with Crippen molar-refractivity contribution in [3.63, 3.8) is 0 Å². The zero-order chi connectivity index (χ0) is 13.9. The second kappa shape index (κ2) is 5.90. The van der Waals surface area contributed by atoms with E-state index in [0.29, 0.717) is 12.4 Å². The fourth-order valence-corrected chi connectivity index (χ4v) is 3.50. The zero-order valence-electron chi connectivity index (χ0n) is 10.3. The Balaban J connectivity index is 2.04. The van der Waals surface area contributed by atoms with Gasteiger partial charge in [0.05, 0.1) is 4.34 Å². The van der Waals surface area contributed by atoms with Crippen LogP contribution in [0.1, 0.15) is 4.88 Å². The van der Waals surface area contributed by atoms with Crippen molar-refractivity contribution in [3.8, 4) is 0 Å². The van der Waals surface area contributed by atoms with Crippen LogP contribution in [0.2, 0.25) is 4.34 Å². The standard InChI is InChI=1S/C12H13ClN2O2S2/c1-19(16,17)10-3-2-7-14-12(10)15-8-6-9-4-5-11(13)18-9/h2-5,7H,6,8H2,1H3,(H,14,15). The summed E-state index contributed by atoms with van der Waals surface area (Å²) in [5.74, 6) is 0.396. The van der Waals surface area contributed by atoms with Crippen molar-refractivity contribution < 1.29 is 8.42 Å². The van der Waals surface area contributed by atoms with Crippen LogP contribution in [0.15, 0.2) is 35.4 Å². The van der Waals surface area contributed by atoms with Crippen LogP contribution in [-0.4, -0.2) is 26.2 Å². The van der Waals surface area contributed by atoms with Crippen molar-refractivity contribution >= 4 is 38.6 Å². The minimum atomic E-state index is -3.27. The number of hydrogen-bond donors (Lipinski definition) is 1. The van der Waals surface area contributed by atoms with Crippen molar-refractivity contribution in [2.45, 2.75) is 11.3 Å². The summed E-state index contributed by atoms with van der Waals surface area (Å²) in [6.07, 6.45) is 3.52. The van der Waals surface area contributed by atoms with E-state index in [1.807, 2.05) is 12.1 Å². The van der Waals surface area contributed by atoms with Gasteiger partial charge in [0.15, 0.2) is 9.84 Å². The molecule has 0 radical (unpaired) electrons. The molecular formula is C12H13ClN2O2S2. The van der Waals surface area contributed by atoms with Gasteiger partial charge in [-0.3, -0.25) is 0 Å². The number of hydrogen-bond acceptors (Lipinski definition) is 5. The molecule has 2 rings (SSSR count). The van der Waals surface area contributed by atoms with Crippen molar-refractivity contribution in [1.29, 1.82) is 0 Å². The predicted molar refractivity (Wildman–Crippen MR) is 78.9 cm³/mol. The molecule has 0 amide bonds. The summed E-state index contributed by atoms with van der Waals surface area (Å²) < 4.78 is 23.9. The van der Waals surface area contributed by atoms with E-state index in [9.17, 15) is 8.42 Å². The topological polar surface area (TPSA) is 59.1 Å². The van der Waals surface area contributed by atoms with E-state index in [-0.39, 0.29) is 4.90 Å². The molecule has 4 nitrogen and oxygen atoms in total. The maximum absolute atomic E-state index is 11.6. The maximum atomic E-state index is 11.6. The quantitative estimate of drug-likeness (QED) is 0.921. The third-order valence-corrected chi connectivity index (χ3v) is 4.88. The van der Waals surface area contributed by atoms with E-state index < -0.39 is 9.84 Å². The van der Waals surface area contributed by atoms with Gasteiger partial charge in [0.1, 0.15) is 10.7 Å². The molecule has 1 N–H and O–H groups in total. The third kappa shape index (κ3) is 3.92. The number of nitrogens with one attached hydrogen (secondary N) is 1. The second-order valence-electron chi connectivity index (χ2n) is 4.00. The molecule has 0 spiro atoms. The predicted octanol–water partition coefficient (Wildman–Crippen LogP) is 2.85. The number of nitrogens with zero attached hydrogens (tertiary/aromatic N) is 1. The Morgan fingerprint density at radius 2 is 2.16 bits per heavy atom. The molecule has 0 bridgehead atoms. The summed E-state index contributed by atoms with van der Waals surface area (Å²) in [4.78, 5) is 5.44. The van der Waals surface area contributed by atoms with Gasteiger partial charge < -0.3 is 5.32 Å². The molecule has 19 heavy (non-hydrogen) atoms. The fourth-order valence-electron chi connectivity index (χ4n) is 1.61. The van der Waals surface area contributed by atoms with E-state index in [2.05, 4.69) is 10.3 Å². The highest BCUT2D eigenvalue weighted by Gasteiger charge is 2.13. The molecule has 0 saturated carbocycles. The van der Waals surface area contributed by atoms with Crippen molar-refractivity contribution in [3.05, 3.63) is 39.7 Å². The smallest absolute Gasteiger partial charge is 0.179 e. The van der Waals surface area contributed by atoms with Crippen molar-refractivity contribution in [1.82, 2.24) is 4.98 Å². The molecule has 0 saturated heterocycles. The first-order chi connectivity index (χ1) is 8.97. The van der Waals surface area contributed by atoms with Crippen LogP contribution in [0.4, 0.5) is 5.82 Å². The van der Waals surface area contributed by atoms with Crippen LogP contribution in [0, 0.1) is 0 Å². The largest absolute Gasteiger partial charge is 0.369 e. The van der Waals surface area contributed by atoms with Gasteiger partial charge in [-0.15, -0.1) is 11.3 Å². The van der Waals surface area contributed by atoms with Gasteiger partial charge in [-0.2, -0.15) is 0 Å². The van der Waals surface area contributed by atoms with Crippen LogP contribution in [0.3, 0.4) is 0 Å².